The molecule has 0 radical (unpaired) electrons. The van der Waals surface area contributed by atoms with E-state index in [0.717, 1.165) is 29.5 Å². The van der Waals surface area contributed by atoms with E-state index in [4.69, 9.17) is 27.6 Å². The van der Waals surface area contributed by atoms with Gasteiger partial charge in [-0.15, -0.1) is 10.2 Å². The normalized spacial score (nSPS) is 11.6. The summed E-state index contributed by atoms with van der Waals surface area (Å²) in [6, 6.07) is 13.2. The third-order valence-corrected chi connectivity index (χ3v) is 6.39. The molecule has 2 aromatic heterocycles. The molecule has 35 heavy (non-hydrogen) atoms. The zero-order valence-corrected chi connectivity index (χ0v) is 20.2. The van der Waals surface area contributed by atoms with E-state index in [-0.39, 0.29) is 28.3 Å². The van der Waals surface area contributed by atoms with Crippen LogP contribution in [0.3, 0.4) is 0 Å². The van der Waals surface area contributed by atoms with Gasteiger partial charge in [0.25, 0.3) is 0 Å². The maximum atomic E-state index is 13.3. The van der Waals surface area contributed by atoms with Crippen molar-refractivity contribution in [2.75, 3.05) is 12.3 Å². The van der Waals surface area contributed by atoms with Crippen LogP contribution in [0.4, 0.5) is 13.2 Å². The molecule has 4 aromatic rings. The topological polar surface area (TPSA) is 73.0 Å². The summed E-state index contributed by atoms with van der Waals surface area (Å²) in [7, 11) is 0. The molecular weight excluding hydrogens is 524 g/mol. The van der Waals surface area contributed by atoms with Crippen molar-refractivity contribution in [3.05, 3.63) is 82.0 Å². The summed E-state index contributed by atoms with van der Waals surface area (Å²) in [5.41, 5.74) is 0.219. The van der Waals surface area contributed by atoms with Gasteiger partial charge in [-0.3, -0.25) is 9.36 Å². The highest BCUT2D eigenvalue weighted by atomic mass is 35.5. The molecule has 12 heteroatoms. The van der Waals surface area contributed by atoms with Crippen LogP contribution in [0.2, 0.25) is 10.0 Å². The molecule has 0 fully saturated rings. The first-order valence-electron chi connectivity index (χ1n) is 10.2. The number of furan rings is 1. The molecule has 182 valence electrons. The number of thioether (sulfide) groups is 1. The van der Waals surface area contributed by atoms with Crippen LogP contribution < -0.4 is 5.32 Å². The predicted molar refractivity (Wildman–Crippen MR) is 128 cm³/mol. The summed E-state index contributed by atoms with van der Waals surface area (Å²) < 4.78 is 46.7. The maximum Gasteiger partial charge on any atom is 0.416 e. The summed E-state index contributed by atoms with van der Waals surface area (Å²) in [5.74, 6) is 0.239. The van der Waals surface area contributed by atoms with E-state index >= 15 is 0 Å². The molecule has 0 atom stereocenters. The van der Waals surface area contributed by atoms with E-state index in [2.05, 4.69) is 15.5 Å². The smallest absolute Gasteiger partial charge is 0.416 e. The number of halogens is 5. The number of carbonyl (C=O) groups excluding carboxylic acids is 1. The Kier molecular flexibility index (Phi) is 7.73. The summed E-state index contributed by atoms with van der Waals surface area (Å²) in [6.45, 7) is 0.346. The lowest BCUT2D eigenvalue weighted by Crippen LogP contribution is -2.27. The van der Waals surface area contributed by atoms with Crippen LogP contribution in [0.15, 0.2) is 70.4 Å². The fourth-order valence-electron chi connectivity index (χ4n) is 3.23. The number of amides is 1. The number of alkyl halides is 3. The van der Waals surface area contributed by atoms with Crippen molar-refractivity contribution in [2.24, 2.45) is 0 Å². The Hall–Kier alpha value is -2.95. The first kappa shape index (κ1) is 25.2. The minimum atomic E-state index is -4.52. The zero-order valence-electron chi connectivity index (χ0n) is 17.9. The third kappa shape index (κ3) is 6.19. The minimum Gasteiger partial charge on any atom is -0.461 e. The molecule has 0 unspecified atom stereocenters. The second kappa shape index (κ2) is 10.8. The average Bonchev–Trinajstić information content (AvgIpc) is 3.48. The largest absolute Gasteiger partial charge is 0.461 e. The molecule has 6 nitrogen and oxygen atoms in total. The highest BCUT2D eigenvalue weighted by Gasteiger charge is 2.31. The molecule has 0 aliphatic heterocycles. The van der Waals surface area contributed by atoms with Gasteiger partial charge >= 0.3 is 6.18 Å². The van der Waals surface area contributed by atoms with E-state index < -0.39 is 11.7 Å². The average molecular weight is 541 g/mol. The van der Waals surface area contributed by atoms with E-state index in [1.54, 1.807) is 30.3 Å². The van der Waals surface area contributed by atoms with Crippen molar-refractivity contribution in [1.29, 1.82) is 0 Å². The van der Waals surface area contributed by atoms with E-state index in [9.17, 15) is 18.0 Å². The first-order chi connectivity index (χ1) is 16.7. The van der Waals surface area contributed by atoms with E-state index in [1.807, 2.05) is 0 Å². The van der Waals surface area contributed by atoms with Crippen molar-refractivity contribution >= 4 is 40.9 Å². The molecule has 1 N–H and O–H groups in total. The van der Waals surface area contributed by atoms with Crippen LogP contribution in [0.1, 0.15) is 11.1 Å². The van der Waals surface area contributed by atoms with Gasteiger partial charge in [-0.25, -0.2) is 0 Å². The van der Waals surface area contributed by atoms with Crippen LogP contribution in [-0.2, 0) is 17.4 Å². The summed E-state index contributed by atoms with van der Waals surface area (Å²) in [5, 5.41) is 12.2. The molecular formula is C23H17Cl2F3N4O2S. The number of carbonyl (C=O) groups is 1. The summed E-state index contributed by atoms with van der Waals surface area (Å²) >= 11 is 13.1. The number of nitrogens with zero attached hydrogens (tertiary/aromatic N) is 3. The second-order valence-electron chi connectivity index (χ2n) is 7.29. The Morgan fingerprint density at radius 2 is 1.91 bits per heavy atom. The molecule has 0 aliphatic carbocycles. The van der Waals surface area contributed by atoms with Crippen molar-refractivity contribution < 1.29 is 22.4 Å². The molecule has 1 amide bonds. The molecule has 0 saturated heterocycles. The van der Waals surface area contributed by atoms with Crippen molar-refractivity contribution in [1.82, 2.24) is 20.1 Å². The summed E-state index contributed by atoms with van der Waals surface area (Å²) in [4.78, 5) is 12.4. The fraction of sp³-hybridized carbons (Fsp3) is 0.174. The molecule has 4 rings (SSSR count). The van der Waals surface area contributed by atoms with Crippen LogP contribution in [0.5, 0.6) is 0 Å². The second-order valence-corrected chi connectivity index (χ2v) is 9.08. The Bertz CT molecular complexity index is 1330. The van der Waals surface area contributed by atoms with Crippen molar-refractivity contribution in [3.63, 3.8) is 0 Å². The van der Waals surface area contributed by atoms with Gasteiger partial charge in [0.2, 0.25) is 11.7 Å². The molecule has 0 spiro atoms. The number of hydrogen-bond acceptors (Lipinski definition) is 5. The number of hydrogen-bond donors (Lipinski definition) is 1. The molecule has 0 bridgehead atoms. The van der Waals surface area contributed by atoms with Gasteiger partial charge in [0.05, 0.1) is 23.3 Å². The van der Waals surface area contributed by atoms with Crippen LogP contribution >= 0.6 is 35.0 Å². The summed E-state index contributed by atoms with van der Waals surface area (Å²) in [6.07, 6.45) is -2.59. The molecule has 0 saturated carbocycles. The Morgan fingerprint density at radius 1 is 1.09 bits per heavy atom. The van der Waals surface area contributed by atoms with E-state index in [0.29, 0.717) is 28.8 Å². The van der Waals surface area contributed by atoms with E-state index in [1.165, 1.54) is 23.0 Å². The lowest BCUT2D eigenvalue weighted by Gasteiger charge is -2.12. The Labute approximate surface area is 212 Å². The lowest BCUT2D eigenvalue weighted by molar-refractivity contribution is -0.137. The highest BCUT2D eigenvalue weighted by Crippen LogP contribution is 2.33. The highest BCUT2D eigenvalue weighted by molar-refractivity contribution is 7.99. The molecule has 2 aromatic carbocycles. The lowest BCUT2D eigenvalue weighted by atomic mass is 10.1. The number of benzene rings is 2. The molecule has 0 aliphatic rings. The standard InChI is InChI=1S/C23H17Cl2F3N4O2S/c24-16-7-6-14(18(25)12-16)8-9-29-20(33)13-35-22-31-30-21(19-5-2-10-34-19)32(22)17-4-1-3-15(11-17)23(26,27)28/h1-7,10-12H,8-9,13H2,(H,29,33). The fourth-order valence-corrected chi connectivity index (χ4v) is 4.51. The van der Waals surface area contributed by atoms with Gasteiger partial charge in [-0.1, -0.05) is 47.1 Å². The Morgan fingerprint density at radius 3 is 2.63 bits per heavy atom. The van der Waals surface area contributed by atoms with Crippen molar-refractivity contribution in [2.45, 2.75) is 17.8 Å². The van der Waals surface area contributed by atoms with Gasteiger partial charge in [0.1, 0.15) is 0 Å². The van der Waals surface area contributed by atoms with Crippen molar-refractivity contribution in [3.8, 4) is 17.3 Å². The number of aromatic nitrogens is 3. The quantitative estimate of drug-likeness (QED) is 0.265. The minimum absolute atomic E-state index is 0.0242. The first-order valence-corrected chi connectivity index (χ1v) is 12.0. The third-order valence-electron chi connectivity index (χ3n) is 4.87. The number of rotatable bonds is 8. The monoisotopic (exact) mass is 540 g/mol. The van der Waals surface area contributed by atoms with Crippen LogP contribution in [0, 0.1) is 0 Å². The Balaban J connectivity index is 1.48. The van der Waals surface area contributed by atoms with Crippen LogP contribution in [0.25, 0.3) is 17.3 Å². The van der Waals surface area contributed by atoms with Gasteiger partial charge in [0.15, 0.2) is 10.9 Å². The zero-order chi connectivity index (χ0) is 25.0. The van der Waals surface area contributed by atoms with Gasteiger partial charge in [0, 0.05) is 16.6 Å². The van der Waals surface area contributed by atoms with Gasteiger partial charge in [-0.2, -0.15) is 13.2 Å². The van der Waals surface area contributed by atoms with Gasteiger partial charge < -0.3 is 9.73 Å². The van der Waals surface area contributed by atoms with Crippen LogP contribution in [-0.4, -0.2) is 33.0 Å². The molecule has 2 heterocycles. The predicted octanol–water partition coefficient (Wildman–Crippen LogP) is 6.30. The number of nitrogens with one attached hydrogen (secondary N) is 1. The maximum absolute atomic E-state index is 13.3. The van der Waals surface area contributed by atoms with Gasteiger partial charge in [-0.05, 0) is 54.4 Å². The SMILES string of the molecule is O=C(CSc1nnc(-c2ccco2)n1-c1cccc(C(F)(F)F)c1)NCCc1ccc(Cl)cc1Cl.